The number of rotatable bonds is 5. The van der Waals surface area contributed by atoms with Gasteiger partial charge in [0.1, 0.15) is 0 Å². The van der Waals surface area contributed by atoms with E-state index in [4.69, 9.17) is 0 Å². The number of anilines is 1. The SMILES string of the molecule is Cc1ccc(-c2nnc(SCC(=O)Nc3ccc(C)c(C)c3)n2C)cc1. The highest BCUT2D eigenvalue weighted by atomic mass is 32.2. The average Bonchev–Trinajstić information content (AvgIpc) is 2.98. The first-order chi connectivity index (χ1) is 12.4. The lowest BCUT2D eigenvalue weighted by Gasteiger charge is -2.08. The van der Waals surface area contributed by atoms with Gasteiger partial charge < -0.3 is 9.88 Å². The van der Waals surface area contributed by atoms with E-state index in [2.05, 4.69) is 29.4 Å². The number of thioether (sulfide) groups is 1. The van der Waals surface area contributed by atoms with Crippen molar-refractivity contribution in [2.24, 2.45) is 7.05 Å². The molecular formula is C20H22N4OS. The summed E-state index contributed by atoms with van der Waals surface area (Å²) in [6.45, 7) is 6.14. The maximum Gasteiger partial charge on any atom is 0.234 e. The van der Waals surface area contributed by atoms with Crippen LogP contribution in [0.15, 0.2) is 47.6 Å². The number of amides is 1. The average molecular weight is 366 g/mol. The molecule has 0 atom stereocenters. The lowest BCUT2D eigenvalue weighted by molar-refractivity contribution is -0.113. The number of carbonyl (C=O) groups excluding carboxylic acids is 1. The molecule has 3 rings (SSSR count). The molecule has 5 nitrogen and oxygen atoms in total. The van der Waals surface area contributed by atoms with Gasteiger partial charge in [-0.1, -0.05) is 47.7 Å². The van der Waals surface area contributed by atoms with Crippen LogP contribution in [-0.4, -0.2) is 26.4 Å². The predicted molar refractivity (Wildman–Crippen MR) is 106 cm³/mol. The number of benzene rings is 2. The summed E-state index contributed by atoms with van der Waals surface area (Å²) < 4.78 is 1.92. The summed E-state index contributed by atoms with van der Waals surface area (Å²) in [6.07, 6.45) is 0. The number of nitrogens with one attached hydrogen (secondary N) is 1. The fraction of sp³-hybridized carbons (Fsp3) is 0.250. The molecule has 1 amide bonds. The molecule has 1 N–H and O–H groups in total. The van der Waals surface area contributed by atoms with Crippen molar-refractivity contribution in [3.63, 3.8) is 0 Å². The maximum absolute atomic E-state index is 12.2. The number of aryl methyl sites for hydroxylation is 3. The second-order valence-corrected chi connectivity index (χ2v) is 7.31. The highest BCUT2D eigenvalue weighted by Gasteiger charge is 2.13. The Morgan fingerprint density at radius 3 is 2.46 bits per heavy atom. The van der Waals surface area contributed by atoms with E-state index in [1.54, 1.807) is 0 Å². The van der Waals surface area contributed by atoms with Crippen molar-refractivity contribution in [2.45, 2.75) is 25.9 Å². The quantitative estimate of drug-likeness (QED) is 0.690. The summed E-state index contributed by atoms with van der Waals surface area (Å²) in [7, 11) is 1.92. The third-order valence-electron chi connectivity index (χ3n) is 4.27. The van der Waals surface area contributed by atoms with Gasteiger partial charge in [0.15, 0.2) is 11.0 Å². The van der Waals surface area contributed by atoms with Crippen molar-refractivity contribution in [2.75, 3.05) is 11.1 Å². The molecule has 0 radical (unpaired) electrons. The van der Waals surface area contributed by atoms with Crippen LogP contribution >= 0.6 is 11.8 Å². The molecule has 0 aliphatic rings. The largest absolute Gasteiger partial charge is 0.325 e. The molecule has 0 fully saturated rings. The molecule has 0 bridgehead atoms. The van der Waals surface area contributed by atoms with Crippen LogP contribution in [-0.2, 0) is 11.8 Å². The van der Waals surface area contributed by atoms with Crippen LogP contribution in [0.2, 0.25) is 0 Å². The lowest BCUT2D eigenvalue weighted by atomic mass is 10.1. The van der Waals surface area contributed by atoms with E-state index in [-0.39, 0.29) is 11.7 Å². The van der Waals surface area contributed by atoms with E-state index in [1.165, 1.54) is 22.9 Å². The lowest BCUT2D eigenvalue weighted by Crippen LogP contribution is -2.14. The topological polar surface area (TPSA) is 59.8 Å². The Kier molecular flexibility index (Phi) is 5.42. The van der Waals surface area contributed by atoms with E-state index in [9.17, 15) is 4.79 Å². The Balaban J connectivity index is 1.63. The molecular weight excluding hydrogens is 344 g/mol. The monoisotopic (exact) mass is 366 g/mol. The highest BCUT2D eigenvalue weighted by molar-refractivity contribution is 7.99. The van der Waals surface area contributed by atoms with Crippen LogP contribution in [0.5, 0.6) is 0 Å². The van der Waals surface area contributed by atoms with Crippen LogP contribution in [0.4, 0.5) is 5.69 Å². The van der Waals surface area contributed by atoms with Crippen molar-refractivity contribution >= 4 is 23.4 Å². The van der Waals surface area contributed by atoms with Crippen LogP contribution in [0.3, 0.4) is 0 Å². The van der Waals surface area contributed by atoms with Gasteiger partial charge in [-0.25, -0.2) is 0 Å². The van der Waals surface area contributed by atoms with Crippen molar-refractivity contribution in [3.05, 3.63) is 59.2 Å². The molecule has 0 unspecified atom stereocenters. The standard InChI is InChI=1S/C20H22N4OS/c1-13-5-8-16(9-6-13)19-22-23-20(24(19)4)26-12-18(25)21-17-10-7-14(2)15(3)11-17/h5-11H,12H2,1-4H3,(H,21,25). The van der Waals surface area contributed by atoms with Gasteiger partial charge in [0, 0.05) is 18.3 Å². The molecule has 0 aliphatic heterocycles. The molecule has 6 heteroatoms. The number of nitrogens with zero attached hydrogens (tertiary/aromatic N) is 3. The molecule has 1 aromatic heterocycles. The smallest absolute Gasteiger partial charge is 0.234 e. The number of aromatic nitrogens is 3. The summed E-state index contributed by atoms with van der Waals surface area (Å²) in [5.74, 6) is 1.02. The normalized spacial score (nSPS) is 10.8. The summed E-state index contributed by atoms with van der Waals surface area (Å²) in [5, 5.41) is 12.1. The second kappa shape index (κ2) is 7.74. The molecule has 0 saturated carbocycles. The zero-order valence-corrected chi connectivity index (χ0v) is 16.2. The third kappa shape index (κ3) is 4.14. The van der Waals surface area contributed by atoms with Crippen LogP contribution in [0.25, 0.3) is 11.4 Å². The Morgan fingerprint density at radius 2 is 1.77 bits per heavy atom. The minimum absolute atomic E-state index is 0.0573. The van der Waals surface area contributed by atoms with E-state index in [1.807, 2.05) is 61.0 Å². The van der Waals surface area contributed by atoms with Crippen molar-refractivity contribution in [1.29, 1.82) is 0 Å². The zero-order valence-electron chi connectivity index (χ0n) is 15.4. The van der Waals surface area contributed by atoms with Gasteiger partial charge in [0.05, 0.1) is 5.75 Å². The van der Waals surface area contributed by atoms with E-state index in [0.29, 0.717) is 0 Å². The van der Waals surface area contributed by atoms with Gasteiger partial charge >= 0.3 is 0 Å². The van der Waals surface area contributed by atoms with Crippen LogP contribution in [0.1, 0.15) is 16.7 Å². The fourth-order valence-electron chi connectivity index (χ4n) is 2.54. The molecule has 0 spiro atoms. The Bertz CT molecular complexity index is 931. The number of hydrogen-bond donors (Lipinski definition) is 1. The van der Waals surface area contributed by atoms with E-state index < -0.39 is 0 Å². The predicted octanol–water partition coefficient (Wildman–Crippen LogP) is 4.14. The van der Waals surface area contributed by atoms with Crippen molar-refractivity contribution in [3.8, 4) is 11.4 Å². The zero-order chi connectivity index (χ0) is 18.7. The molecule has 0 aliphatic carbocycles. The maximum atomic E-state index is 12.2. The molecule has 0 saturated heterocycles. The Labute approximate surface area is 157 Å². The summed E-state index contributed by atoms with van der Waals surface area (Å²) >= 11 is 1.38. The minimum Gasteiger partial charge on any atom is -0.325 e. The first-order valence-electron chi connectivity index (χ1n) is 8.40. The number of hydrogen-bond acceptors (Lipinski definition) is 4. The summed E-state index contributed by atoms with van der Waals surface area (Å²) in [6, 6.07) is 14.1. The third-order valence-corrected chi connectivity index (χ3v) is 5.29. The van der Waals surface area contributed by atoms with Gasteiger partial charge in [0.2, 0.25) is 5.91 Å². The van der Waals surface area contributed by atoms with Gasteiger partial charge in [-0.05, 0) is 44.0 Å². The van der Waals surface area contributed by atoms with Gasteiger partial charge in [-0.2, -0.15) is 0 Å². The van der Waals surface area contributed by atoms with E-state index in [0.717, 1.165) is 27.8 Å². The summed E-state index contributed by atoms with van der Waals surface area (Å²) in [4.78, 5) is 12.2. The van der Waals surface area contributed by atoms with Gasteiger partial charge in [-0.15, -0.1) is 10.2 Å². The molecule has 2 aromatic carbocycles. The Morgan fingerprint density at radius 1 is 1.04 bits per heavy atom. The highest BCUT2D eigenvalue weighted by Crippen LogP contribution is 2.23. The molecule has 1 heterocycles. The first-order valence-corrected chi connectivity index (χ1v) is 9.39. The Hall–Kier alpha value is -2.60. The first kappa shape index (κ1) is 18.2. The molecule has 134 valence electrons. The fourth-order valence-corrected chi connectivity index (χ4v) is 3.25. The van der Waals surface area contributed by atoms with Crippen molar-refractivity contribution in [1.82, 2.24) is 14.8 Å². The minimum atomic E-state index is -0.0573. The van der Waals surface area contributed by atoms with E-state index >= 15 is 0 Å². The van der Waals surface area contributed by atoms with Gasteiger partial charge in [0.25, 0.3) is 0 Å². The molecule has 3 aromatic rings. The van der Waals surface area contributed by atoms with Crippen LogP contribution in [0, 0.1) is 20.8 Å². The second-order valence-electron chi connectivity index (χ2n) is 6.37. The van der Waals surface area contributed by atoms with Crippen molar-refractivity contribution < 1.29 is 4.79 Å². The number of carbonyl (C=O) groups is 1. The van der Waals surface area contributed by atoms with Gasteiger partial charge in [-0.3, -0.25) is 4.79 Å². The molecule has 26 heavy (non-hydrogen) atoms. The summed E-state index contributed by atoms with van der Waals surface area (Å²) in [5.41, 5.74) is 5.40. The van der Waals surface area contributed by atoms with Crippen LogP contribution < -0.4 is 5.32 Å².